The Labute approximate surface area is 235 Å². The molecule has 0 fully saturated rings. The van der Waals surface area contributed by atoms with Gasteiger partial charge in [-0.05, 0) is 53.5 Å². The molecule has 1 aliphatic rings. The number of carboxylic acid groups (broad SMARTS) is 1. The van der Waals surface area contributed by atoms with Crippen LogP contribution in [0.2, 0.25) is 15.1 Å². The summed E-state index contributed by atoms with van der Waals surface area (Å²) in [6.07, 6.45) is 2.44. The largest absolute Gasteiger partial charge is 0.480 e. The van der Waals surface area contributed by atoms with Gasteiger partial charge in [0.1, 0.15) is 6.04 Å². The lowest BCUT2D eigenvalue weighted by molar-refractivity contribution is -0.139. The van der Waals surface area contributed by atoms with Crippen molar-refractivity contribution in [3.05, 3.63) is 105 Å². The molecule has 3 aromatic rings. The number of amides is 1. The van der Waals surface area contributed by atoms with Crippen LogP contribution in [0.1, 0.15) is 27.9 Å². The SMILES string of the molecule is O=C(N[C@@H](Cc1ccc(C2=CCN(S(=O)(=O)c3cccc(Cl)c3)CC2)cc1)C(=O)O)c1c(Cl)cccc1Cl. The standard InChI is InChI=1S/C27H23Cl3N2O5S/c28-20-3-1-4-21(16-20)38(36,37)32-13-11-19(12-14-32)18-9-7-17(8-10-18)15-24(27(34)35)31-26(33)25-22(29)5-2-6-23(25)30/h1-11,16,24H,12-15H2,(H,31,33)(H,34,35)/t24-/m0/s1. The van der Waals surface area contributed by atoms with Crippen molar-refractivity contribution in [2.24, 2.45) is 0 Å². The predicted molar refractivity (Wildman–Crippen MR) is 148 cm³/mol. The van der Waals surface area contributed by atoms with Gasteiger partial charge in [0.25, 0.3) is 5.91 Å². The first-order valence-corrected chi connectivity index (χ1v) is 14.2. The molecule has 3 aromatic carbocycles. The Morgan fingerprint density at radius 2 is 1.63 bits per heavy atom. The number of aliphatic carboxylic acids is 1. The molecule has 198 valence electrons. The van der Waals surface area contributed by atoms with Gasteiger partial charge < -0.3 is 10.4 Å². The van der Waals surface area contributed by atoms with Gasteiger partial charge in [0, 0.05) is 24.5 Å². The van der Waals surface area contributed by atoms with Crippen LogP contribution in [-0.2, 0) is 21.2 Å². The van der Waals surface area contributed by atoms with Gasteiger partial charge >= 0.3 is 5.97 Å². The molecular formula is C27H23Cl3N2O5S. The van der Waals surface area contributed by atoms with E-state index in [9.17, 15) is 23.1 Å². The number of carboxylic acids is 1. The van der Waals surface area contributed by atoms with Crippen LogP contribution in [0.3, 0.4) is 0 Å². The summed E-state index contributed by atoms with van der Waals surface area (Å²) < 4.78 is 27.3. The summed E-state index contributed by atoms with van der Waals surface area (Å²) in [5, 5.41) is 12.8. The van der Waals surface area contributed by atoms with Crippen LogP contribution in [0.25, 0.3) is 5.57 Å². The summed E-state index contributed by atoms with van der Waals surface area (Å²) in [7, 11) is -3.66. The number of rotatable bonds is 8. The zero-order valence-corrected chi connectivity index (χ0v) is 23.0. The van der Waals surface area contributed by atoms with Gasteiger partial charge in [0.05, 0.1) is 20.5 Å². The quantitative estimate of drug-likeness (QED) is 0.356. The van der Waals surface area contributed by atoms with Gasteiger partial charge in [-0.3, -0.25) is 4.79 Å². The Morgan fingerprint density at radius 3 is 2.21 bits per heavy atom. The molecule has 0 saturated carbocycles. The Morgan fingerprint density at radius 1 is 0.974 bits per heavy atom. The first-order chi connectivity index (χ1) is 18.1. The number of sulfonamides is 1. The van der Waals surface area contributed by atoms with Crippen LogP contribution in [0.4, 0.5) is 0 Å². The molecule has 0 aromatic heterocycles. The molecule has 0 aliphatic carbocycles. The molecule has 0 unspecified atom stereocenters. The molecule has 2 N–H and O–H groups in total. The minimum absolute atomic E-state index is 0.0214. The molecule has 4 rings (SSSR count). The summed E-state index contributed by atoms with van der Waals surface area (Å²) in [6, 6.07) is 16.9. The first-order valence-electron chi connectivity index (χ1n) is 11.6. The Bertz CT molecular complexity index is 1490. The van der Waals surface area contributed by atoms with Crippen LogP contribution < -0.4 is 5.32 Å². The van der Waals surface area contributed by atoms with Gasteiger partial charge in [0.15, 0.2) is 0 Å². The normalized spacial score (nSPS) is 15.0. The summed E-state index contributed by atoms with van der Waals surface area (Å²) >= 11 is 18.1. The number of carbonyl (C=O) groups excluding carboxylic acids is 1. The number of halogens is 3. The fraction of sp³-hybridized carbons (Fsp3) is 0.185. The zero-order chi connectivity index (χ0) is 27.4. The lowest BCUT2D eigenvalue weighted by Gasteiger charge is -2.26. The van der Waals surface area contributed by atoms with Crippen molar-refractivity contribution in [1.29, 1.82) is 0 Å². The number of hydrogen-bond acceptors (Lipinski definition) is 4. The van der Waals surface area contributed by atoms with E-state index in [0.717, 1.165) is 11.1 Å². The van der Waals surface area contributed by atoms with Crippen molar-refractivity contribution in [2.75, 3.05) is 13.1 Å². The van der Waals surface area contributed by atoms with Crippen LogP contribution in [-0.4, -0.2) is 48.8 Å². The summed E-state index contributed by atoms with van der Waals surface area (Å²) in [6.45, 7) is 0.545. The third-order valence-corrected chi connectivity index (χ3v) is 8.89. The highest BCUT2D eigenvalue weighted by molar-refractivity contribution is 7.89. The summed E-state index contributed by atoms with van der Waals surface area (Å²) in [5.41, 5.74) is 2.62. The third kappa shape index (κ3) is 6.39. The number of nitrogens with zero attached hydrogens (tertiary/aromatic N) is 1. The lowest BCUT2D eigenvalue weighted by Crippen LogP contribution is -2.42. The van der Waals surface area contributed by atoms with Crippen molar-refractivity contribution in [1.82, 2.24) is 9.62 Å². The highest BCUT2D eigenvalue weighted by Crippen LogP contribution is 2.28. The fourth-order valence-electron chi connectivity index (χ4n) is 4.14. The second kappa shape index (κ2) is 11.9. The Hall–Kier alpha value is -2.88. The fourth-order valence-corrected chi connectivity index (χ4v) is 6.39. The maximum atomic E-state index is 12.9. The van der Waals surface area contributed by atoms with Crippen LogP contribution in [0, 0.1) is 0 Å². The Balaban J connectivity index is 1.42. The number of carbonyl (C=O) groups is 2. The molecule has 1 amide bonds. The van der Waals surface area contributed by atoms with E-state index in [1.807, 2.05) is 18.2 Å². The van der Waals surface area contributed by atoms with Crippen LogP contribution in [0.15, 0.2) is 77.7 Å². The lowest BCUT2D eigenvalue weighted by atomic mass is 9.97. The summed E-state index contributed by atoms with van der Waals surface area (Å²) in [5.74, 6) is -1.86. The van der Waals surface area contributed by atoms with E-state index in [0.29, 0.717) is 23.6 Å². The van der Waals surface area contributed by atoms with Gasteiger partial charge in [-0.15, -0.1) is 0 Å². The number of nitrogens with one attached hydrogen (secondary N) is 1. The third-order valence-electron chi connectivity index (χ3n) is 6.16. The van der Waals surface area contributed by atoms with Gasteiger partial charge in [-0.25, -0.2) is 13.2 Å². The summed E-state index contributed by atoms with van der Waals surface area (Å²) in [4.78, 5) is 24.6. The topological polar surface area (TPSA) is 104 Å². The molecule has 0 saturated heterocycles. The van der Waals surface area contributed by atoms with Crippen molar-refractivity contribution in [3.8, 4) is 0 Å². The predicted octanol–water partition coefficient (Wildman–Crippen LogP) is 5.55. The maximum absolute atomic E-state index is 12.9. The highest BCUT2D eigenvalue weighted by atomic mass is 35.5. The average Bonchev–Trinajstić information content (AvgIpc) is 2.88. The maximum Gasteiger partial charge on any atom is 0.326 e. The molecule has 1 atom stereocenters. The second-order valence-electron chi connectivity index (χ2n) is 8.66. The minimum Gasteiger partial charge on any atom is -0.480 e. The zero-order valence-electron chi connectivity index (χ0n) is 19.9. The highest BCUT2D eigenvalue weighted by Gasteiger charge is 2.27. The molecule has 1 heterocycles. The molecule has 0 spiro atoms. The van der Waals surface area contributed by atoms with Crippen molar-refractivity contribution < 1.29 is 23.1 Å². The van der Waals surface area contributed by atoms with E-state index in [1.54, 1.807) is 30.3 Å². The number of benzene rings is 3. The molecule has 7 nitrogen and oxygen atoms in total. The van der Waals surface area contributed by atoms with Crippen LogP contribution in [0.5, 0.6) is 0 Å². The van der Waals surface area contributed by atoms with Crippen molar-refractivity contribution in [3.63, 3.8) is 0 Å². The molecule has 1 aliphatic heterocycles. The van der Waals surface area contributed by atoms with E-state index in [1.165, 1.54) is 28.6 Å². The first kappa shape index (κ1) is 28.1. The molecule has 0 radical (unpaired) electrons. The van der Waals surface area contributed by atoms with Gasteiger partial charge in [0.2, 0.25) is 10.0 Å². The van der Waals surface area contributed by atoms with E-state index in [4.69, 9.17) is 34.8 Å². The monoisotopic (exact) mass is 592 g/mol. The minimum atomic E-state index is -3.66. The van der Waals surface area contributed by atoms with Gasteiger partial charge in [-0.1, -0.05) is 77.3 Å². The van der Waals surface area contributed by atoms with Gasteiger partial charge in [-0.2, -0.15) is 4.31 Å². The van der Waals surface area contributed by atoms with Crippen molar-refractivity contribution >= 4 is 62.3 Å². The Kier molecular flexibility index (Phi) is 8.80. The van der Waals surface area contributed by atoms with E-state index in [2.05, 4.69) is 5.32 Å². The van der Waals surface area contributed by atoms with Crippen LogP contribution >= 0.6 is 34.8 Å². The molecule has 38 heavy (non-hydrogen) atoms. The molecule has 0 bridgehead atoms. The smallest absolute Gasteiger partial charge is 0.326 e. The van der Waals surface area contributed by atoms with Crippen molar-refractivity contribution in [2.45, 2.75) is 23.8 Å². The second-order valence-corrected chi connectivity index (χ2v) is 11.9. The average molecular weight is 594 g/mol. The van der Waals surface area contributed by atoms with E-state index >= 15 is 0 Å². The van der Waals surface area contributed by atoms with E-state index in [-0.39, 0.29) is 33.5 Å². The van der Waals surface area contributed by atoms with E-state index < -0.39 is 27.9 Å². The molecular weight excluding hydrogens is 571 g/mol. The number of hydrogen-bond donors (Lipinski definition) is 2. The molecule has 11 heteroatoms.